The van der Waals surface area contributed by atoms with E-state index < -0.39 is 11.1 Å². The predicted octanol–water partition coefficient (Wildman–Crippen LogP) is 2.41. The maximum Gasteiger partial charge on any atom is 0.328 e. The third-order valence-electron chi connectivity index (χ3n) is 3.55. The molecule has 0 aliphatic carbocycles. The standard InChI is InChI=1S/C17H24N2O3/c1-16(2,3)22-15(21)17(4)11-10-14(20)19(18-17)12-13-8-6-5-7-9-13/h5-9,18H,10-12H2,1-4H3/t17-/m0/s1. The fourth-order valence-electron chi connectivity index (χ4n) is 2.34. The van der Waals surface area contributed by atoms with Gasteiger partial charge in [-0.2, -0.15) is 0 Å². The van der Waals surface area contributed by atoms with Crippen molar-refractivity contribution in [1.82, 2.24) is 10.4 Å². The summed E-state index contributed by atoms with van der Waals surface area (Å²) in [5.74, 6) is -0.338. The summed E-state index contributed by atoms with van der Waals surface area (Å²) >= 11 is 0. The van der Waals surface area contributed by atoms with E-state index >= 15 is 0 Å². The topological polar surface area (TPSA) is 58.6 Å². The van der Waals surface area contributed by atoms with Crippen molar-refractivity contribution in [3.05, 3.63) is 35.9 Å². The van der Waals surface area contributed by atoms with Crippen LogP contribution in [0.3, 0.4) is 0 Å². The number of amides is 1. The van der Waals surface area contributed by atoms with Crippen LogP contribution in [0.5, 0.6) is 0 Å². The number of carbonyl (C=O) groups excluding carboxylic acids is 2. The van der Waals surface area contributed by atoms with Crippen LogP contribution in [0.2, 0.25) is 0 Å². The van der Waals surface area contributed by atoms with Crippen LogP contribution in [-0.2, 0) is 20.9 Å². The van der Waals surface area contributed by atoms with Gasteiger partial charge in [-0.25, -0.2) is 10.2 Å². The van der Waals surface area contributed by atoms with Crippen LogP contribution in [-0.4, -0.2) is 28.0 Å². The summed E-state index contributed by atoms with van der Waals surface area (Å²) in [6.07, 6.45) is 0.765. The van der Waals surface area contributed by atoms with Gasteiger partial charge in [-0.15, -0.1) is 0 Å². The molecule has 1 heterocycles. The number of hydrazine groups is 1. The largest absolute Gasteiger partial charge is 0.459 e. The second-order valence-electron chi connectivity index (χ2n) is 6.91. The first kappa shape index (κ1) is 16.5. The second-order valence-corrected chi connectivity index (χ2v) is 6.91. The molecule has 1 N–H and O–H groups in total. The summed E-state index contributed by atoms with van der Waals surface area (Å²) in [7, 11) is 0. The monoisotopic (exact) mass is 304 g/mol. The molecule has 1 aliphatic heterocycles. The molecule has 1 atom stereocenters. The van der Waals surface area contributed by atoms with Gasteiger partial charge in [0.1, 0.15) is 11.1 Å². The second kappa shape index (κ2) is 6.08. The van der Waals surface area contributed by atoms with Crippen molar-refractivity contribution in [3.63, 3.8) is 0 Å². The molecular weight excluding hydrogens is 280 g/mol. The highest BCUT2D eigenvalue weighted by Crippen LogP contribution is 2.24. The minimum atomic E-state index is -0.879. The smallest absolute Gasteiger partial charge is 0.328 e. The van der Waals surface area contributed by atoms with E-state index in [9.17, 15) is 9.59 Å². The highest BCUT2D eigenvalue weighted by molar-refractivity contribution is 5.85. The van der Waals surface area contributed by atoms with E-state index in [0.717, 1.165) is 5.56 Å². The van der Waals surface area contributed by atoms with Gasteiger partial charge in [0.15, 0.2) is 0 Å². The minimum absolute atomic E-state index is 0.00936. The van der Waals surface area contributed by atoms with Crippen LogP contribution >= 0.6 is 0 Å². The van der Waals surface area contributed by atoms with Crippen molar-refractivity contribution in [2.75, 3.05) is 0 Å². The van der Waals surface area contributed by atoms with Crippen molar-refractivity contribution >= 4 is 11.9 Å². The zero-order chi connectivity index (χ0) is 16.4. The quantitative estimate of drug-likeness (QED) is 0.871. The van der Waals surface area contributed by atoms with Crippen LogP contribution in [0.4, 0.5) is 0 Å². The number of benzene rings is 1. The highest BCUT2D eigenvalue weighted by Gasteiger charge is 2.43. The Hall–Kier alpha value is -1.88. The molecule has 0 spiro atoms. The van der Waals surface area contributed by atoms with Gasteiger partial charge in [0, 0.05) is 6.42 Å². The van der Waals surface area contributed by atoms with E-state index in [0.29, 0.717) is 19.4 Å². The van der Waals surface area contributed by atoms with Gasteiger partial charge in [-0.05, 0) is 39.7 Å². The Kier molecular flexibility index (Phi) is 4.56. The lowest BCUT2D eigenvalue weighted by Crippen LogP contribution is -2.63. The summed E-state index contributed by atoms with van der Waals surface area (Å²) < 4.78 is 5.47. The highest BCUT2D eigenvalue weighted by atomic mass is 16.6. The molecule has 1 saturated heterocycles. The van der Waals surface area contributed by atoms with Crippen LogP contribution in [0.1, 0.15) is 46.1 Å². The molecule has 5 nitrogen and oxygen atoms in total. The van der Waals surface area contributed by atoms with Gasteiger partial charge >= 0.3 is 5.97 Å². The lowest BCUT2D eigenvalue weighted by molar-refractivity contribution is -0.170. The van der Waals surface area contributed by atoms with E-state index in [4.69, 9.17) is 4.74 Å². The number of hydrogen-bond acceptors (Lipinski definition) is 4. The van der Waals surface area contributed by atoms with Crippen molar-refractivity contribution in [3.8, 4) is 0 Å². The maximum atomic E-state index is 12.4. The summed E-state index contributed by atoms with van der Waals surface area (Å²) in [5.41, 5.74) is 2.64. The SMILES string of the molecule is CC(C)(C)OC(=O)[C@]1(C)CCC(=O)N(Cc2ccccc2)N1. The first-order chi connectivity index (χ1) is 10.2. The Bertz CT molecular complexity index is 551. The lowest BCUT2D eigenvalue weighted by Gasteiger charge is -2.40. The van der Waals surface area contributed by atoms with E-state index in [1.165, 1.54) is 5.01 Å². The van der Waals surface area contributed by atoms with Crippen LogP contribution in [0.25, 0.3) is 0 Å². The number of rotatable bonds is 3. The fraction of sp³-hybridized carbons (Fsp3) is 0.529. The Morgan fingerprint density at radius 3 is 2.55 bits per heavy atom. The maximum absolute atomic E-state index is 12.4. The molecule has 1 fully saturated rings. The molecule has 1 aromatic carbocycles. The number of nitrogens with zero attached hydrogens (tertiary/aromatic N) is 1. The average molecular weight is 304 g/mol. The Labute approximate surface area is 131 Å². The molecule has 120 valence electrons. The zero-order valence-corrected chi connectivity index (χ0v) is 13.7. The van der Waals surface area contributed by atoms with Crippen molar-refractivity contribution in [1.29, 1.82) is 0 Å². The molecule has 1 aromatic rings. The lowest BCUT2D eigenvalue weighted by atomic mass is 9.93. The van der Waals surface area contributed by atoms with Gasteiger partial charge < -0.3 is 4.74 Å². The van der Waals surface area contributed by atoms with Crippen LogP contribution in [0.15, 0.2) is 30.3 Å². The van der Waals surface area contributed by atoms with Gasteiger partial charge in [-0.3, -0.25) is 9.80 Å². The predicted molar refractivity (Wildman–Crippen MR) is 83.6 cm³/mol. The van der Waals surface area contributed by atoms with E-state index in [-0.39, 0.29) is 11.9 Å². The molecule has 1 amide bonds. The molecule has 0 radical (unpaired) electrons. The number of nitrogens with one attached hydrogen (secondary N) is 1. The first-order valence-corrected chi connectivity index (χ1v) is 7.55. The summed E-state index contributed by atoms with van der Waals surface area (Å²) in [6, 6.07) is 9.69. The van der Waals surface area contributed by atoms with Crippen molar-refractivity contribution < 1.29 is 14.3 Å². The van der Waals surface area contributed by atoms with E-state index in [1.807, 2.05) is 51.1 Å². The Balaban J connectivity index is 2.09. The molecule has 5 heteroatoms. The van der Waals surface area contributed by atoms with Crippen LogP contribution in [0, 0.1) is 0 Å². The number of carbonyl (C=O) groups is 2. The van der Waals surface area contributed by atoms with E-state index in [1.54, 1.807) is 6.92 Å². The van der Waals surface area contributed by atoms with E-state index in [2.05, 4.69) is 5.43 Å². The van der Waals surface area contributed by atoms with Crippen LogP contribution < -0.4 is 5.43 Å². The van der Waals surface area contributed by atoms with Crippen molar-refractivity contribution in [2.24, 2.45) is 0 Å². The average Bonchev–Trinajstić information content (AvgIpc) is 2.42. The van der Waals surface area contributed by atoms with Gasteiger partial charge in [0.2, 0.25) is 5.91 Å². The summed E-state index contributed by atoms with van der Waals surface area (Å²) in [6.45, 7) is 7.72. The minimum Gasteiger partial charge on any atom is -0.459 e. The molecule has 0 aromatic heterocycles. The molecule has 0 unspecified atom stereocenters. The van der Waals surface area contributed by atoms with Gasteiger partial charge in [-0.1, -0.05) is 30.3 Å². The third kappa shape index (κ3) is 4.07. The zero-order valence-electron chi connectivity index (χ0n) is 13.7. The number of ether oxygens (including phenoxy) is 1. The fourth-order valence-corrected chi connectivity index (χ4v) is 2.34. The molecular formula is C17H24N2O3. The number of esters is 1. The number of hydrogen-bond donors (Lipinski definition) is 1. The summed E-state index contributed by atoms with van der Waals surface area (Å²) in [4.78, 5) is 24.5. The first-order valence-electron chi connectivity index (χ1n) is 7.55. The Morgan fingerprint density at radius 1 is 1.32 bits per heavy atom. The molecule has 22 heavy (non-hydrogen) atoms. The van der Waals surface area contributed by atoms with Gasteiger partial charge in [0.25, 0.3) is 0 Å². The summed E-state index contributed by atoms with van der Waals surface area (Å²) in [5, 5.41) is 1.52. The third-order valence-corrected chi connectivity index (χ3v) is 3.55. The van der Waals surface area contributed by atoms with Gasteiger partial charge in [0.05, 0.1) is 6.54 Å². The Morgan fingerprint density at radius 2 is 1.95 bits per heavy atom. The van der Waals surface area contributed by atoms with Crippen molar-refractivity contribution in [2.45, 2.75) is 58.2 Å². The molecule has 1 aliphatic rings. The molecule has 2 rings (SSSR count). The molecule has 0 bridgehead atoms. The normalized spacial score (nSPS) is 22.5. The molecule has 0 saturated carbocycles.